The normalized spacial score (nSPS) is 14.3. The van der Waals surface area contributed by atoms with Crippen LogP contribution in [0.4, 0.5) is 0 Å². The van der Waals surface area contributed by atoms with Crippen LogP contribution in [0, 0.1) is 0 Å². The van der Waals surface area contributed by atoms with Crippen LogP contribution in [0.1, 0.15) is 52.9 Å². The first-order chi connectivity index (χ1) is 9.69. The summed E-state index contributed by atoms with van der Waals surface area (Å²) in [5, 5.41) is 0. The summed E-state index contributed by atoms with van der Waals surface area (Å²) in [6, 6.07) is 0. The van der Waals surface area contributed by atoms with Crippen molar-refractivity contribution in [1.29, 1.82) is 0 Å². The Balaban J connectivity index is 4.85. The van der Waals surface area contributed by atoms with Gasteiger partial charge in [0.15, 0.2) is 0 Å². The fraction of sp³-hybridized carbons (Fsp3) is 0.846. The summed E-state index contributed by atoms with van der Waals surface area (Å²) in [6.45, 7) is 4.91. The van der Waals surface area contributed by atoms with Crippen LogP contribution >= 0.6 is 0 Å². The standard InChI is InChI=1S/C13H24O7S/c1-4-6-8-19-11(14)10-13(3,21(16,17)18)12(15)20-9-7-5-2/h4-10H2,1-3H3,(H,16,17,18). The number of hydrogen-bond acceptors (Lipinski definition) is 6. The van der Waals surface area contributed by atoms with Gasteiger partial charge in [0.25, 0.3) is 10.1 Å². The quantitative estimate of drug-likeness (QED) is 0.370. The van der Waals surface area contributed by atoms with E-state index in [4.69, 9.17) is 9.47 Å². The van der Waals surface area contributed by atoms with Crippen molar-refractivity contribution in [3.63, 3.8) is 0 Å². The van der Waals surface area contributed by atoms with E-state index in [0.29, 0.717) is 12.8 Å². The number of unbranched alkanes of at least 4 members (excludes halogenated alkanes) is 2. The zero-order valence-electron chi connectivity index (χ0n) is 12.8. The van der Waals surface area contributed by atoms with E-state index >= 15 is 0 Å². The second-order valence-electron chi connectivity index (χ2n) is 4.95. The lowest BCUT2D eigenvalue weighted by Gasteiger charge is -2.23. The molecule has 21 heavy (non-hydrogen) atoms. The molecule has 7 nitrogen and oxygen atoms in total. The summed E-state index contributed by atoms with van der Waals surface area (Å²) in [5.74, 6) is -2.01. The third-order valence-corrected chi connectivity index (χ3v) is 4.42. The maximum atomic E-state index is 11.9. The van der Waals surface area contributed by atoms with Crippen LogP contribution in [0.15, 0.2) is 0 Å². The van der Waals surface area contributed by atoms with E-state index in [1.807, 2.05) is 13.8 Å². The van der Waals surface area contributed by atoms with Crippen LogP contribution in [-0.2, 0) is 29.2 Å². The van der Waals surface area contributed by atoms with Crippen molar-refractivity contribution in [3.05, 3.63) is 0 Å². The lowest BCUT2D eigenvalue weighted by Crippen LogP contribution is -2.46. The van der Waals surface area contributed by atoms with Crippen molar-refractivity contribution >= 4 is 22.1 Å². The highest BCUT2D eigenvalue weighted by Crippen LogP contribution is 2.23. The Labute approximate surface area is 125 Å². The highest BCUT2D eigenvalue weighted by Gasteiger charge is 2.49. The summed E-state index contributed by atoms with van der Waals surface area (Å²) in [4.78, 5) is 23.5. The average Bonchev–Trinajstić information content (AvgIpc) is 2.37. The van der Waals surface area contributed by atoms with Crippen LogP contribution in [0.5, 0.6) is 0 Å². The highest BCUT2D eigenvalue weighted by atomic mass is 32.2. The van der Waals surface area contributed by atoms with Crippen molar-refractivity contribution in [2.45, 2.75) is 57.6 Å². The largest absolute Gasteiger partial charge is 0.466 e. The molecule has 0 rings (SSSR count). The SMILES string of the molecule is CCCCOC(=O)CC(C)(C(=O)OCCCC)S(=O)(=O)O. The monoisotopic (exact) mass is 324 g/mol. The van der Waals surface area contributed by atoms with E-state index in [0.717, 1.165) is 19.8 Å². The van der Waals surface area contributed by atoms with E-state index < -0.39 is 33.2 Å². The number of esters is 2. The molecular formula is C13H24O7S. The van der Waals surface area contributed by atoms with Crippen molar-refractivity contribution in [3.8, 4) is 0 Å². The van der Waals surface area contributed by atoms with Gasteiger partial charge in [-0.25, -0.2) is 0 Å². The summed E-state index contributed by atoms with van der Waals surface area (Å²) < 4.78 is 39.4. The van der Waals surface area contributed by atoms with E-state index in [-0.39, 0.29) is 13.2 Å². The van der Waals surface area contributed by atoms with Crippen LogP contribution in [0.2, 0.25) is 0 Å². The van der Waals surface area contributed by atoms with E-state index in [1.165, 1.54) is 0 Å². The molecule has 0 aromatic heterocycles. The fourth-order valence-electron chi connectivity index (χ4n) is 1.39. The van der Waals surface area contributed by atoms with Crippen molar-refractivity contribution < 1.29 is 32.0 Å². The van der Waals surface area contributed by atoms with Gasteiger partial charge in [0.05, 0.1) is 19.6 Å². The van der Waals surface area contributed by atoms with Gasteiger partial charge in [-0.15, -0.1) is 0 Å². The predicted molar refractivity (Wildman–Crippen MR) is 76.3 cm³/mol. The van der Waals surface area contributed by atoms with E-state index in [2.05, 4.69) is 0 Å². The number of rotatable bonds is 10. The van der Waals surface area contributed by atoms with Gasteiger partial charge in [-0.3, -0.25) is 14.1 Å². The lowest BCUT2D eigenvalue weighted by atomic mass is 10.1. The van der Waals surface area contributed by atoms with Gasteiger partial charge in [0.1, 0.15) is 0 Å². The average molecular weight is 324 g/mol. The molecule has 0 radical (unpaired) electrons. The number of ether oxygens (including phenoxy) is 2. The topological polar surface area (TPSA) is 107 Å². The minimum absolute atomic E-state index is 0.0331. The molecule has 0 aromatic carbocycles. The molecule has 1 unspecified atom stereocenters. The summed E-state index contributed by atoms with van der Waals surface area (Å²) in [5.41, 5.74) is 0. The third-order valence-electron chi connectivity index (χ3n) is 2.97. The molecule has 0 aromatic rings. The summed E-state index contributed by atoms with van der Waals surface area (Å²) in [7, 11) is -4.80. The minimum Gasteiger partial charge on any atom is -0.466 e. The molecule has 0 saturated carbocycles. The van der Waals surface area contributed by atoms with Crippen molar-refractivity contribution in [2.75, 3.05) is 13.2 Å². The molecule has 0 saturated heterocycles. The second kappa shape index (κ2) is 8.99. The molecule has 0 heterocycles. The molecule has 0 spiro atoms. The number of carbonyl (C=O) groups is 2. The molecule has 0 amide bonds. The summed E-state index contributed by atoms with van der Waals surface area (Å²) >= 11 is 0. The zero-order chi connectivity index (χ0) is 16.5. The Hall–Kier alpha value is -1.15. The molecule has 0 fully saturated rings. The fourth-order valence-corrected chi connectivity index (χ4v) is 1.96. The molecule has 8 heteroatoms. The Morgan fingerprint density at radius 1 is 1.05 bits per heavy atom. The first kappa shape index (κ1) is 19.9. The molecule has 0 aliphatic heterocycles. The molecular weight excluding hydrogens is 300 g/mol. The Morgan fingerprint density at radius 3 is 1.95 bits per heavy atom. The van der Waals surface area contributed by atoms with Gasteiger partial charge in [-0.1, -0.05) is 26.7 Å². The highest BCUT2D eigenvalue weighted by molar-refractivity contribution is 7.88. The van der Waals surface area contributed by atoms with Gasteiger partial charge < -0.3 is 9.47 Å². The molecule has 1 atom stereocenters. The number of hydrogen-bond donors (Lipinski definition) is 1. The van der Waals surface area contributed by atoms with Gasteiger partial charge in [0.2, 0.25) is 4.75 Å². The van der Waals surface area contributed by atoms with E-state index in [9.17, 15) is 22.6 Å². The van der Waals surface area contributed by atoms with Gasteiger partial charge in [-0.05, 0) is 19.8 Å². The van der Waals surface area contributed by atoms with Gasteiger partial charge in [-0.2, -0.15) is 8.42 Å². The molecule has 0 bridgehead atoms. The van der Waals surface area contributed by atoms with Gasteiger partial charge in [0, 0.05) is 0 Å². The second-order valence-corrected chi connectivity index (χ2v) is 6.80. The lowest BCUT2D eigenvalue weighted by molar-refractivity contribution is -0.153. The van der Waals surface area contributed by atoms with Crippen LogP contribution < -0.4 is 0 Å². The Kier molecular flexibility index (Phi) is 8.50. The molecule has 0 aliphatic rings. The van der Waals surface area contributed by atoms with Crippen molar-refractivity contribution in [1.82, 2.24) is 0 Å². The Bertz CT molecular complexity index is 443. The summed E-state index contributed by atoms with van der Waals surface area (Å²) in [6.07, 6.45) is 1.99. The predicted octanol–water partition coefficient (Wildman–Crippen LogP) is 1.71. The number of carbonyl (C=O) groups excluding carboxylic acids is 2. The maximum absolute atomic E-state index is 11.9. The van der Waals surface area contributed by atoms with Gasteiger partial charge >= 0.3 is 11.9 Å². The first-order valence-corrected chi connectivity index (χ1v) is 8.43. The zero-order valence-corrected chi connectivity index (χ0v) is 13.6. The third kappa shape index (κ3) is 6.43. The molecule has 0 aliphatic carbocycles. The van der Waals surface area contributed by atoms with Crippen molar-refractivity contribution in [2.24, 2.45) is 0 Å². The molecule has 124 valence electrons. The molecule has 1 N–H and O–H groups in total. The smallest absolute Gasteiger partial charge is 0.330 e. The Morgan fingerprint density at radius 2 is 1.52 bits per heavy atom. The van der Waals surface area contributed by atoms with E-state index in [1.54, 1.807) is 0 Å². The minimum atomic E-state index is -4.80. The maximum Gasteiger partial charge on any atom is 0.330 e. The van der Waals surface area contributed by atoms with Crippen LogP contribution in [-0.4, -0.2) is 42.9 Å². The van der Waals surface area contributed by atoms with Crippen LogP contribution in [0.25, 0.3) is 0 Å². The van der Waals surface area contributed by atoms with Crippen LogP contribution in [0.3, 0.4) is 0 Å². The first-order valence-electron chi connectivity index (χ1n) is 6.99.